The van der Waals surface area contributed by atoms with Crippen LogP contribution in [-0.4, -0.2) is 27.6 Å². The van der Waals surface area contributed by atoms with Gasteiger partial charge < -0.3 is 9.16 Å². The molecule has 0 saturated carbocycles. The zero-order valence-corrected chi connectivity index (χ0v) is 9.31. The van der Waals surface area contributed by atoms with Gasteiger partial charge in [0.2, 0.25) is 0 Å². The van der Waals surface area contributed by atoms with Crippen LogP contribution in [0.25, 0.3) is 0 Å². The number of ether oxygens (including phenoxy) is 1. The molecule has 0 aromatic rings. The molecule has 0 saturated heterocycles. The Labute approximate surface area is 71.0 Å². The van der Waals surface area contributed by atoms with Gasteiger partial charge in [0.1, 0.15) is 0 Å². The molecule has 0 amide bonds. The van der Waals surface area contributed by atoms with Gasteiger partial charge in [-0.15, -0.1) is 0 Å². The van der Waals surface area contributed by atoms with Crippen LogP contribution in [0, 0.1) is 0 Å². The average Bonchev–Trinajstić information content (AvgIpc) is 1.78. The summed E-state index contributed by atoms with van der Waals surface area (Å²) in [6.45, 7) is 12.1. The lowest BCUT2D eigenvalue weighted by atomic mass is 10.5. The molecule has 0 heterocycles. The predicted octanol–water partition coefficient (Wildman–Crippen LogP) is 2.26. The van der Waals surface area contributed by atoms with Gasteiger partial charge in [-0.3, -0.25) is 0 Å². The van der Waals surface area contributed by atoms with Gasteiger partial charge in [-0.05, 0) is 33.5 Å². The molecule has 68 valence electrons. The standard InChI is InChI=1S/C8H20O2Si/c1-8(2)9-6-7-10-11(3,4)5/h8H,6-7H2,1-5H3. The second-order valence-corrected chi connectivity index (χ2v) is 8.39. The van der Waals surface area contributed by atoms with Crippen LogP contribution < -0.4 is 0 Å². The Balaban J connectivity index is 3.15. The second-order valence-electron chi connectivity index (χ2n) is 3.88. The first kappa shape index (κ1) is 11.1. The molecule has 0 aromatic carbocycles. The Hall–Kier alpha value is 0.137. The fourth-order valence-electron chi connectivity index (χ4n) is 0.632. The third-order valence-corrected chi connectivity index (χ3v) is 2.14. The second kappa shape index (κ2) is 4.90. The summed E-state index contributed by atoms with van der Waals surface area (Å²) >= 11 is 0. The first-order valence-electron chi connectivity index (χ1n) is 4.17. The van der Waals surface area contributed by atoms with Crippen molar-refractivity contribution in [2.45, 2.75) is 39.6 Å². The summed E-state index contributed by atoms with van der Waals surface area (Å²) in [7, 11) is -1.31. The fraction of sp³-hybridized carbons (Fsp3) is 1.00. The maximum absolute atomic E-state index is 5.59. The van der Waals surface area contributed by atoms with Crippen LogP contribution in [0.5, 0.6) is 0 Å². The van der Waals surface area contributed by atoms with E-state index < -0.39 is 8.32 Å². The Morgan fingerprint density at radius 1 is 1.09 bits per heavy atom. The highest BCUT2D eigenvalue weighted by Crippen LogP contribution is 2.01. The molecule has 0 unspecified atom stereocenters. The van der Waals surface area contributed by atoms with Crippen LogP contribution in [-0.2, 0) is 9.16 Å². The van der Waals surface area contributed by atoms with Gasteiger partial charge in [0.05, 0.1) is 19.3 Å². The fourth-order valence-corrected chi connectivity index (χ4v) is 1.33. The molecule has 0 fully saturated rings. The van der Waals surface area contributed by atoms with Crippen LogP contribution in [0.15, 0.2) is 0 Å². The van der Waals surface area contributed by atoms with E-state index in [1.54, 1.807) is 0 Å². The minimum atomic E-state index is -1.31. The summed E-state index contributed by atoms with van der Waals surface area (Å²) < 4.78 is 10.9. The van der Waals surface area contributed by atoms with Crippen molar-refractivity contribution in [3.05, 3.63) is 0 Å². The van der Waals surface area contributed by atoms with Gasteiger partial charge >= 0.3 is 0 Å². The maximum Gasteiger partial charge on any atom is 0.183 e. The van der Waals surface area contributed by atoms with Crippen molar-refractivity contribution >= 4 is 8.32 Å². The Kier molecular flexibility index (Phi) is 4.96. The summed E-state index contributed by atoms with van der Waals surface area (Å²) in [5.41, 5.74) is 0. The normalized spacial score (nSPS) is 12.5. The zero-order valence-electron chi connectivity index (χ0n) is 8.31. The Morgan fingerprint density at radius 3 is 2.00 bits per heavy atom. The van der Waals surface area contributed by atoms with Crippen LogP contribution in [0.1, 0.15) is 13.8 Å². The van der Waals surface area contributed by atoms with Crippen LogP contribution >= 0.6 is 0 Å². The molecule has 0 N–H and O–H groups in total. The molecular weight excluding hydrogens is 156 g/mol. The van der Waals surface area contributed by atoms with Crippen LogP contribution in [0.4, 0.5) is 0 Å². The highest BCUT2D eigenvalue weighted by atomic mass is 28.4. The maximum atomic E-state index is 5.59. The van der Waals surface area contributed by atoms with E-state index >= 15 is 0 Å². The number of hydrogen-bond acceptors (Lipinski definition) is 2. The minimum absolute atomic E-state index is 0.320. The molecule has 0 radical (unpaired) electrons. The number of hydrogen-bond donors (Lipinski definition) is 0. The van der Waals surface area contributed by atoms with Crippen LogP contribution in [0.2, 0.25) is 19.6 Å². The van der Waals surface area contributed by atoms with Crippen molar-refractivity contribution < 1.29 is 9.16 Å². The van der Waals surface area contributed by atoms with Gasteiger partial charge in [0, 0.05) is 0 Å². The summed E-state index contributed by atoms with van der Waals surface area (Å²) in [4.78, 5) is 0. The van der Waals surface area contributed by atoms with Crippen LogP contribution in [0.3, 0.4) is 0 Å². The van der Waals surface area contributed by atoms with Gasteiger partial charge in [0.15, 0.2) is 8.32 Å². The topological polar surface area (TPSA) is 18.5 Å². The molecule has 0 aliphatic carbocycles. The molecule has 0 atom stereocenters. The molecule has 0 aromatic heterocycles. The monoisotopic (exact) mass is 176 g/mol. The largest absolute Gasteiger partial charge is 0.415 e. The Morgan fingerprint density at radius 2 is 1.64 bits per heavy atom. The van der Waals surface area contributed by atoms with E-state index in [9.17, 15) is 0 Å². The first-order chi connectivity index (χ1) is 4.92. The van der Waals surface area contributed by atoms with E-state index in [4.69, 9.17) is 9.16 Å². The molecular formula is C8H20O2Si. The van der Waals surface area contributed by atoms with Crippen molar-refractivity contribution in [1.82, 2.24) is 0 Å². The molecule has 0 spiro atoms. The highest BCUT2D eigenvalue weighted by Gasteiger charge is 2.13. The van der Waals surface area contributed by atoms with E-state index in [1.807, 2.05) is 13.8 Å². The molecule has 0 bridgehead atoms. The lowest BCUT2D eigenvalue weighted by Gasteiger charge is -2.17. The Bertz CT molecular complexity index is 96.8. The average molecular weight is 176 g/mol. The van der Waals surface area contributed by atoms with Gasteiger partial charge in [-0.2, -0.15) is 0 Å². The van der Waals surface area contributed by atoms with E-state index in [0.29, 0.717) is 6.10 Å². The SMILES string of the molecule is CC(C)OCCO[Si](C)(C)C. The summed E-state index contributed by atoms with van der Waals surface area (Å²) in [5.74, 6) is 0. The first-order valence-corrected chi connectivity index (χ1v) is 7.58. The lowest BCUT2D eigenvalue weighted by Crippen LogP contribution is -2.27. The number of rotatable bonds is 5. The van der Waals surface area contributed by atoms with Gasteiger partial charge in [-0.1, -0.05) is 0 Å². The quantitative estimate of drug-likeness (QED) is 0.472. The molecule has 3 heteroatoms. The zero-order chi connectivity index (χ0) is 8.91. The lowest BCUT2D eigenvalue weighted by molar-refractivity contribution is 0.0536. The molecule has 0 aliphatic rings. The summed E-state index contributed by atoms with van der Waals surface area (Å²) in [6, 6.07) is 0. The van der Waals surface area contributed by atoms with E-state index in [1.165, 1.54) is 0 Å². The molecule has 11 heavy (non-hydrogen) atoms. The van der Waals surface area contributed by atoms with Crippen molar-refractivity contribution in [2.75, 3.05) is 13.2 Å². The third kappa shape index (κ3) is 10.1. The molecule has 2 nitrogen and oxygen atoms in total. The van der Waals surface area contributed by atoms with Crippen molar-refractivity contribution in [1.29, 1.82) is 0 Å². The van der Waals surface area contributed by atoms with Gasteiger partial charge in [0.25, 0.3) is 0 Å². The minimum Gasteiger partial charge on any atom is -0.415 e. The van der Waals surface area contributed by atoms with E-state index in [2.05, 4.69) is 19.6 Å². The third-order valence-electron chi connectivity index (χ3n) is 1.07. The van der Waals surface area contributed by atoms with E-state index in [0.717, 1.165) is 13.2 Å². The smallest absolute Gasteiger partial charge is 0.183 e. The summed E-state index contributed by atoms with van der Waals surface area (Å²) in [6.07, 6.45) is 0.320. The molecule has 0 rings (SSSR count). The van der Waals surface area contributed by atoms with Crippen molar-refractivity contribution in [3.8, 4) is 0 Å². The predicted molar refractivity (Wildman–Crippen MR) is 50.4 cm³/mol. The van der Waals surface area contributed by atoms with Gasteiger partial charge in [-0.25, -0.2) is 0 Å². The van der Waals surface area contributed by atoms with Crippen molar-refractivity contribution in [2.24, 2.45) is 0 Å². The molecule has 0 aliphatic heterocycles. The van der Waals surface area contributed by atoms with Crippen molar-refractivity contribution in [3.63, 3.8) is 0 Å². The highest BCUT2D eigenvalue weighted by molar-refractivity contribution is 6.69. The van der Waals surface area contributed by atoms with E-state index in [-0.39, 0.29) is 0 Å². The summed E-state index contributed by atoms with van der Waals surface area (Å²) in [5, 5.41) is 0.